The number of ether oxygens (including phenoxy) is 2. The average Bonchev–Trinajstić information content (AvgIpc) is 2.75. The maximum atomic E-state index is 11.9. The number of rotatable bonds is 7. The van der Waals surface area contributed by atoms with Gasteiger partial charge in [0, 0.05) is 5.56 Å². The first kappa shape index (κ1) is 21.8. The maximum absolute atomic E-state index is 11.9. The van der Waals surface area contributed by atoms with Crippen LogP contribution in [0.3, 0.4) is 0 Å². The maximum Gasteiger partial charge on any atom is 0.338 e. The number of carbonyl (C=O) groups excluding carboxylic acids is 3. The molecule has 0 aromatic heterocycles. The summed E-state index contributed by atoms with van der Waals surface area (Å²) in [4.78, 5) is 35.5. The lowest BCUT2D eigenvalue weighted by Gasteiger charge is -2.11. The minimum Gasteiger partial charge on any atom is -0.484 e. The SMILES string of the molecule is CCCOC(=O)c1ccc(OCC(=O)NNC(=S)NC(=O)c2ccccc2)cc1. The Balaban J connectivity index is 1.70. The third-order valence-corrected chi connectivity index (χ3v) is 3.68. The molecule has 2 aromatic rings. The van der Waals surface area contributed by atoms with E-state index < -0.39 is 17.8 Å². The Hall–Kier alpha value is -3.46. The number of amides is 2. The van der Waals surface area contributed by atoms with E-state index in [1.165, 1.54) is 0 Å². The van der Waals surface area contributed by atoms with Crippen molar-refractivity contribution in [3.8, 4) is 5.75 Å². The third kappa shape index (κ3) is 7.59. The van der Waals surface area contributed by atoms with Crippen LogP contribution in [0.2, 0.25) is 0 Å². The summed E-state index contributed by atoms with van der Waals surface area (Å²) in [6.45, 7) is 1.98. The van der Waals surface area contributed by atoms with Gasteiger partial charge in [0.05, 0.1) is 12.2 Å². The monoisotopic (exact) mass is 415 g/mol. The smallest absolute Gasteiger partial charge is 0.338 e. The van der Waals surface area contributed by atoms with Gasteiger partial charge in [0.15, 0.2) is 11.7 Å². The van der Waals surface area contributed by atoms with Crippen molar-refractivity contribution in [2.75, 3.05) is 13.2 Å². The van der Waals surface area contributed by atoms with Crippen LogP contribution in [0.5, 0.6) is 5.75 Å². The summed E-state index contributed by atoms with van der Waals surface area (Å²) in [6.07, 6.45) is 0.745. The van der Waals surface area contributed by atoms with Gasteiger partial charge < -0.3 is 9.47 Å². The van der Waals surface area contributed by atoms with E-state index in [1.807, 2.05) is 6.92 Å². The quantitative estimate of drug-likeness (QED) is 0.361. The number of hydrogen-bond acceptors (Lipinski definition) is 6. The van der Waals surface area contributed by atoms with E-state index in [4.69, 9.17) is 21.7 Å². The van der Waals surface area contributed by atoms with E-state index >= 15 is 0 Å². The van der Waals surface area contributed by atoms with Crippen molar-refractivity contribution in [3.63, 3.8) is 0 Å². The van der Waals surface area contributed by atoms with E-state index in [2.05, 4.69) is 16.2 Å². The molecular formula is C20H21N3O5S. The second kappa shape index (κ2) is 11.4. The van der Waals surface area contributed by atoms with Gasteiger partial charge in [-0.3, -0.25) is 25.8 Å². The van der Waals surface area contributed by atoms with Crippen LogP contribution in [0.1, 0.15) is 34.1 Å². The molecule has 0 saturated heterocycles. The highest BCUT2D eigenvalue weighted by molar-refractivity contribution is 7.80. The van der Waals surface area contributed by atoms with E-state index in [1.54, 1.807) is 54.6 Å². The fraction of sp³-hybridized carbons (Fsp3) is 0.200. The van der Waals surface area contributed by atoms with E-state index in [0.29, 0.717) is 23.5 Å². The molecule has 0 aliphatic rings. The largest absolute Gasteiger partial charge is 0.484 e. The Morgan fingerprint density at radius 3 is 2.28 bits per heavy atom. The molecule has 0 spiro atoms. The molecule has 2 rings (SSSR count). The van der Waals surface area contributed by atoms with Gasteiger partial charge in [-0.25, -0.2) is 4.79 Å². The van der Waals surface area contributed by atoms with Gasteiger partial charge >= 0.3 is 5.97 Å². The fourth-order valence-electron chi connectivity index (χ4n) is 2.07. The second-order valence-electron chi connectivity index (χ2n) is 5.77. The van der Waals surface area contributed by atoms with Crippen molar-refractivity contribution in [2.45, 2.75) is 13.3 Å². The Kier molecular flexibility index (Phi) is 8.58. The molecule has 0 bridgehead atoms. The molecule has 0 atom stereocenters. The lowest BCUT2D eigenvalue weighted by molar-refractivity contribution is -0.123. The summed E-state index contributed by atoms with van der Waals surface area (Å²) < 4.78 is 10.4. The van der Waals surface area contributed by atoms with Crippen molar-refractivity contribution in [1.29, 1.82) is 0 Å². The molecule has 152 valence electrons. The van der Waals surface area contributed by atoms with Gasteiger partial charge in [-0.05, 0) is 55.0 Å². The summed E-state index contributed by atoms with van der Waals surface area (Å²) in [5.41, 5.74) is 5.58. The first-order valence-corrected chi connectivity index (χ1v) is 9.25. The number of benzene rings is 2. The van der Waals surface area contributed by atoms with Crippen molar-refractivity contribution < 1.29 is 23.9 Å². The first-order valence-electron chi connectivity index (χ1n) is 8.84. The van der Waals surface area contributed by atoms with Gasteiger partial charge in [0.1, 0.15) is 5.75 Å². The molecule has 0 unspecified atom stereocenters. The van der Waals surface area contributed by atoms with Crippen LogP contribution in [0.4, 0.5) is 0 Å². The summed E-state index contributed by atoms with van der Waals surface area (Å²) in [5, 5.41) is 2.39. The molecule has 2 amide bonds. The van der Waals surface area contributed by atoms with Gasteiger partial charge in [0.2, 0.25) is 0 Å². The predicted octanol–water partition coefficient (Wildman–Crippen LogP) is 1.97. The molecule has 9 heteroatoms. The molecular weight excluding hydrogens is 394 g/mol. The number of esters is 1. The molecule has 3 N–H and O–H groups in total. The summed E-state index contributed by atoms with van der Waals surface area (Å²) >= 11 is 4.95. The van der Waals surface area contributed by atoms with Crippen molar-refractivity contribution in [3.05, 3.63) is 65.7 Å². The van der Waals surface area contributed by atoms with Gasteiger partial charge in [-0.1, -0.05) is 25.1 Å². The third-order valence-electron chi connectivity index (χ3n) is 3.48. The van der Waals surface area contributed by atoms with Crippen molar-refractivity contribution in [1.82, 2.24) is 16.2 Å². The highest BCUT2D eigenvalue weighted by Crippen LogP contribution is 2.13. The fourth-order valence-corrected chi connectivity index (χ4v) is 2.22. The number of hydrogen-bond donors (Lipinski definition) is 3. The van der Waals surface area contributed by atoms with E-state index in [0.717, 1.165) is 6.42 Å². The normalized spacial score (nSPS) is 9.83. The predicted molar refractivity (Wildman–Crippen MR) is 110 cm³/mol. The molecule has 0 heterocycles. The highest BCUT2D eigenvalue weighted by atomic mass is 32.1. The van der Waals surface area contributed by atoms with Crippen LogP contribution in [-0.4, -0.2) is 36.1 Å². The van der Waals surface area contributed by atoms with E-state index in [9.17, 15) is 14.4 Å². The molecule has 0 fully saturated rings. The average molecular weight is 415 g/mol. The Morgan fingerprint density at radius 1 is 0.931 bits per heavy atom. The lowest BCUT2D eigenvalue weighted by Crippen LogP contribution is -2.49. The second-order valence-corrected chi connectivity index (χ2v) is 6.18. The van der Waals surface area contributed by atoms with Crippen LogP contribution < -0.4 is 20.9 Å². The first-order chi connectivity index (χ1) is 14.0. The van der Waals surface area contributed by atoms with Gasteiger partial charge in [-0.15, -0.1) is 0 Å². The molecule has 2 aromatic carbocycles. The molecule has 29 heavy (non-hydrogen) atoms. The zero-order valence-corrected chi connectivity index (χ0v) is 16.6. The standard InChI is InChI=1S/C20H21N3O5S/c1-2-12-27-19(26)15-8-10-16(11-9-15)28-13-17(24)22-23-20(29)21-18(25)14-6-4-3-5-7-14/h3-11H,2,12-13H2,1H3,(H,22,24)(H2,21,23,25,29). The zero-order chi connectivity index (χ0) is 21.1. The summed E-state index contributed by atoms with van der Waals surface area (Å²) in [7, 11) is 0. The number of hydrazine groups is 1. The number of carbonyl (C=O) groups is 3. The summed E-state index contributed by atoms with van der Waals surface area (Å²) in [5.74, 6) is -0.905. The molecule has 0 aliphatic carbocycles. The summed E-state index contributed by atoms with van der Waals surface area (Å²) in [6, 6.07) is 14.8. The Bertz CT molecular complexity index is 856. The highest BCUT2D eigenvalue weighted by Gasteiger charge is 2.09. The molecule has 0 radical (unpaired) electrons. The minimum absolute atomic E-state index is 0.0536. The van der Waals surface area contributed by atoms with Gasteiger partial charge in [-0.2, -0.15) is 0 Å². The van der Waals surface area contributed by atoms with Crippen LogP contribution in [0.15, 0.2) is 54.6 Å². The topological polar surface area (TPSA) is 106 Å². The Labute approximate surface area is 173 Å². The molecule has 8 nitrogen and oxygen atoms in total. The lowest BCUT2D eigenvalue weighted by atomic mass is 10.2. The zero-order valence-electron chi connectivity index (χ0n) is 15.8. The van der Waals surface area contributed by atoms with Gasteiger partial charge in [0.25, 0.3) is 11.8 Å². The molecule has 0 aliphatic heterocycles. The van der Waals surface area contributed by atoms with Crippen LogP contribution in [0.25, 0.3) is 0 Å². The van der Waals surface area contributed by atoms with E-state index in [-0.39, 0.29) is 11.7 Å². The minimum atomic E-state index is -0.507. The molecule has 0 saturated carbocycles. The van der Waals surface area contributed by atoms with Crippen molar-refractivity contribution in [2.24, 2.45) is 0 Å². The van der Waals surface area contributed by atoms with Crippen LogP contribution in [0, 0.1) is 0 Å². The Morgan fingerprint density at radius 2 is 1.62 bits per heavy atom. The van der Waals surface area contributed by atoms with Crippen molar-refractivity contribution >= 4 is 35.1 Å². The van der Waals surface area contributed by atoms with Crippen LogP contribution in [-0.2, 0) is 9.53 Å². The number of thiocarbonyl (C=S) groups is 1. The number of nitrogens with one attached hydrogen (secondary N) is 3. The van der Waals surface area contributed by atoms with Crippen LogP contribution >= 0.6 is 12.2 Å².